The highest BCUT2D eigenvalue weighted by Crippen LogP contribution is 2.45. The Hall–Kier alpha value is -3.73. The topological polar surface area (TPSA) is 74.3 Å². The van der Waals surface area contributed by atoms with E-state index in [4.69, 9.17) is 9.84 Å². The summed E-state index contributed by atoms with van der Waals surface area (Å²) in [5, 5.41) is 4.99. The second-order valence-corrected chi connectivity index (χ2v) is 13.0. The maximum atomic E-state index is 14.7. The molecule has 2 bridgehead atoms. The summed E-state index contributed by atoms with van der Waals surface area (Å²) >= 11 is 3.16. The van der Waals surface area contributed by atoms with E-state index in [2.05, 4.69) is 15.9 Å². The number of aryl methyl sites for hydroxylation is 2. The summed E-state index contributed by atoms with van der Waals surface area (Å²) < 4.78 is 39.7. The summed E-state index contributed by atoms with van der Waals surface area (Å²) in [5.41, 5.74) is 2.31. The first kappa shape index (κ1) is 28.4. The normalized spacial score (nSPS) is 18.2. The van der Waals surface area contributed by atoms with Gasteiger partial charge in [-0.1, -0.05) is 0 Å². The van der Waals surface area contributed by atoms with Crippen molar-refractivity contribution in [3.63, 3.8) is 0 Å². The molecule has 1 amide bonds. The number of imidazole rings is 1. The SMILES string of the molecule is Cc1cc(-n2nc3c(c2-n2ccn(-c4ccc(Br)c(F)c4)c2=O)[C@@H]2CCC[C@H](C3)N2C(=O)OC(C)(C)C)cc(C)c1F. The van der Waals surface area contributed by atoms with E-state index in [1.807, 2.05) is 20.8 Å². The molecule has 4 aromatic rings. The van der Waals surface area contributed by atoms with Crippen LogP contribution in [-0.4, -0.2) is 41.6 Å². The van der Waals surface area contributed by atoms with Gasteiger partial charge in [-0.05, 0) is 111 Å². The summed E-state index contributed by atoms with van der Waals surface area (Å²) in [6, 6.07) is 7.42. The van der Waals surface area contributed by atoms with Gasteiger partial charge in [-0.15, -0.1) is 0 Å². The summed E-state index contributed by atoms with van der Waals surface area (Å²) in [6.45, 7) is 8.90. The molecule has 220 valence electrons. The van der Waals surface area contributed by atoms with Gasteiger partial charge in [-0.2, -0.15) is 5.10 Å². The van der Waals surface area contributed by atoms with E-state index in [1.165, 1.54) is 15.2 Å². The highest BCUT2D eigenvalue weighted by molar-refractivity contribution is 9.10. The largest absolute Gasteiger partial charge is 0.444 e. The maximum Gasteiger partial charge on any atom is 0.411 e. The molecular formula is C31H32BrF2N5O3. The summed E-state index contributed by atoms with van der Waals surface area (Å²) in [6.07, 6.45) is 5.69. The van der Waals surface area contributed by atoms with Gasteiger partial charge in [0.15, 0.2) is 0 Å². The Labute approximate surface area is 250 Å². The average molecular weight is 641 g/mol. The highest BCUT2D eigenvalue weighted by atomic mass is 79.9. The lowest BCUT2D eigenvalue weighted by Crippen LogP contribution is -2.51. The lowest BCUT2D eigenvalue weighted by atomic mass is 9.83. The van der Waals surface area contributed by atoms with Gasteiger partial charge >= 0.3 is 11.8 Å². The van der Waals surface area contributed by atoms with Crippen LogP contribution in [0.5, 0.6) is 0 Å². The van der Waals surface area contributed by atoms with Crippen LogP contribution in [0.4, 0.5) is 13.6 Å². The number of hydrogen-bond donors (Lipinski definition) is 0. The second-order valence-electron chi connectivity index (χ2n) is 12.1. The van der Waals surface area contributed by atoms with E-state index in [1.54, 1.807) is 60.1 Å². The van der Waals surface area contributed by atoms with Gasteiger partial charge in [0, 0.05) is 30.4 Å². The molecule has 4 heterocycles. The molecule has 0 aliphatic carbocycles. The number of amides is 1. The molecule has 1 fully saturated rings. The Balaban J connectivity index is 1.58. The third-order valence-corrected chi connectivity index (χ3v) is 8.58. The Morgan fingerprint density at radius 1 is 1.02 bits per heavy atom. The number of aromatic nitrogens is 4. The predicted octanol–water partition coefficient (Wildman–Crippen LogP) is 6.86. The van der Waals surface area contributed by atoms with Crippen molar-refractivity contribution in [2.45, 2.75) is 78.0 Å². The lowest BCUT2D eigenvalue weighted by molar-refractivity contribution is -0.00973. The average Bonchev–Trinajstić information content (AvgIpc) is 3.47. The van der Waals surface area contributed by atoms with Crippen LogP contribution in [0.15, 0.2) is 52.0 Å². The molecule has 0 N–H and O–H groups in total. The van der Waals surface area contributed by atoms with Crippen LogP contribution in [0.3, 0.4) is 0 Å². The number of benzene rings is 2. The van der Waals surface area contributed by atoms with Crippen LogP contribution in [-0.2, 0) is 11.2 Å². The fourth-order valence-corrected chi connectivity index (χ4v) is 6.41. The summed E-state index contributed by atoms with van der Waals surface area (Å²) in [4.78, 5) is 29.3. The van der Waals surface area contributed by atoms with Crippen molar-refractivity contribution in [3.05, 3.63) is 91.7 Å². The number of carbonyl (C=O) groups is 1. The molecule has 0 saturated carbocycles. The first-order valence-electron chi connectivity index (χ1n) is 14.0. The predicted molar refractivity (Wildman–Crippen MR) is 158 cm³/mol. The molecule has 2 aromatic heterocycles. The van der Waals surface area contributed by atoms with Crippen LogP contribution in [0.1, 0.15) is 68.5 Å². The smallest absolute Gasteiger partial charge is 0.411 e. The zero-order valence-corrected chi connectivity index (χ0v) is 25.7. The van der Waals surface area contributed by atoms with Crippen LogP contribution >= 0.6 is 15.9 Å². The van der Waals surface area contributed by atoms with E-state index < -0.39 is 23.2 Å². The summed E-state index contributed by atoms with van der Waals surface area (Å²) in [7, 11) is 0. The van der Waals surface area contributed by atoms with Gasteiger partial charge in [0.2, 0.25) is 0 Å². The highest BCUT2D eigenvalue weighted by Gasteiger charge is 2.45. The fourth-order valence-electron chi connectivity index (χ4n) is 6.16. The summed E-state index contributed by atoms with van der Waals surface area (Å²) in [5.74, 6) is -0.325. The number of rotatable bonds is 3. The Bertz CT molecular complexity index is 1760. The van der Waals surface area contributed by atoms with Gasteiger partial charge in [-0.25, -0.2) is 23.1 Å². The van der Waals surface area contributed by atoms with Gasteiger partial charge in [-0.3, -0.25) is 14.0 Å². The monoisotopic (exact) mass is 639 g/mol. The zero-order chi connectivity index (χ0) is 30.1. The van der Waals surface area contributed by atoms with Crippen LogP contribution in [0.2, 0.25) is 0 Å². The number of hydrogen-bond acceptors (Lipinski definition) is 4. The second kappa shape index (κ2) is 10.2. The minimum atomic E-state index is -0.671. The van der Waals surface area contributed by atoms with Crippen molar-refractivity contribution in [3.8, 4) is 17.2 Å². The van der Waals surface area contributed by atoms with E-state index in [9.17, 15) is 18.4 Å². The number of carbonyl (C=O) groups excluding carboxylic acids is 1. The molecule has 2 atom stereocenters. The van der Waals surface area contributed by atoms with Gasteiger partial charge in [0.1, 0.15) is 23.1 Å². The van der Waals surface area contributed by atoms with Gasteiger partial charge < -0.3 is 4.74 Å². The Morgan fingerprint density at radius 3 is 2.38 bits per heavy atom. The van der Waals surface area contributed by atoms with Gasteiger partial charge in [0.25, 0.3) is 0 Å². The van der Waals surface area contributed by atoms with Crippen molar-refractivity contribution < 1.29 is 18.3 Å². The van der Waals surface area contributed by atoms with Crippen LogP contribution < -0.4 is 5.69 Å². The molecule has 2 aliphatic rings. The van der Waals surface area contributed by atoms with E-state index >= 15 is 0 Å². The van der Waals surface area contributed by atoms with Crippen molar-refractivity contribution in [1.82, 2.24) is 23.8 Å². The van der Waals surface area contributed by atoms with Crippen molar-refractivity contribution in [2.75, 3.05) is 0 Å². The standard InChI is InChI=1S/C31H32BrF2N5O3/c1-17-13-21(14-18(2)27(17)34)39-28(37-12-11-36(29(37)40)19-9-10-22(32)23(33)15-19)26-24(35-39)16-20-7-6-8-25(26)38(20)30(41)42-31(3,4)5/h9-15,20,25H,6-8,16H2,1-5H3/t20-,25+/m1/s1. The Kier molecular flexibility index (Phi) is 6.91. The first-order valence-corrected chi connectivity index (χ1v) is 14.8. The van der Waals surface area contributed by atoms with Crippen molar-refractivity contribution >= 4 is 22.0 Å². The van der Waals surface area contributed by atoms with Crippen LogP contribution in [0.25, 0.3) is 17.2 Å². The first-order chi connectivity index (χ1) is 19.8. The fraction of sp³-hybridized carbons (Fsp3) is 0.387. The molecule has 8 nitrogen and oxygen atoms in total. The van der Waals surface area contributed by atoms with Crippen molar-refractivity contribution in [2.24, 2.45) is 0 Å². The molecule has 11 heteroatoms. The third-order valence-electron chi connectivity index (χ3n) is 7.94. The molecule has 0 radical (unpaired) electrons. The number of fused-ring (bicyclic) bond motifs is 4. The maximum absolute atomic E-state index is 14.7. The number of piperidine rings is 1. The van der Waals surface area contributed by atoms with Gasteiger partial charge in [0.05, 0.1) is 27.6 Å². The molecule has 0 spiro atoms. The Morgan fingerprint density at radius 2 is 1.71 bits per heavy atom. The molecular weight excluding hydrogens is 608 g/mol. The quantitative estimate of drug-likeness (QED) is 0.245. The molecule has 0 unspecified atom stereocenters. The van der Waals surface area contributed by atoms with Crippen LogP contribution in [0, 0.1) is 25.5 Å². The van der Waals surface area contributed by atoms with E-state index in [0.29, 0.717) is 45.6 Å². The van der Waals surface area contributed by atoms with E-state index in [0.717, 1.165) is 24.1 Å². The molecule has 6 rings (SSSR count). The van der Waals surface area contributed by atoms with E-state index in [-0.39, 0.29) is 17.9 Å². The molecule has 1 saturated heterocycles. The number of nitrogens with zero attached hydrogens (tertiary/aromatic N) is 5. The molecule has 2 aromatic carbocycles. The van der Waals surface area contributed by atoms with Crippen molar-refractivity contribution in [1.29, 1.82) is 0 Å². The minimum Gasteiger partial charge on any atom is -0.444 e. The minimum absolute atomic E-state index is 0.0916. The zero-order valence-electron chi connectivity index (χ0n) is 24.1. The molecule has 2 aliphatic heterocycles. The third kappa shape index (κ3) is 4.77. The number of halogens is 3. The lowest BCUT2D eigenvalue weighted by Gasteiger charge is -2.45. The molecule has 42 heavy (non-hydrogen) atoms. The number of ether oxygens (including phenoxy) is 1.